The number of ether oxygens (including phenoxy) is 1. The Labute approximate surface area is 124 Å². The summed E-state index contributed by atoms with van der Waals surface area (Å²) in [6.45, 7) is 0.732. The maximum absolute atomic E-state index is 11.1. The molecule has 3 rings (SSSR count). The van der Waals surface area contributed by atoms with E-state index in [1.54, 1.807) is 12.1 Å². The Bertz CT molecular complexity index is 525. The highest BCUT2D eigenvalue weighted by molar-refractivity contribution is 14.1. The van der Waals surface area contributed by atoms with E-state index >= 15 is 0 Å². The summed E-state index contributed by atoms with van der Waals surface area (Å²) in [5.74, 6) is 0.389. The Morgan fingerprint density at radius 2 is 2.32 bits per heavy atom. The van der Waals surface area contributed by atoms with Gasteiger partial charge in [0.2, 0.25) is 0 Å². The van der Waals surface area contributed by atoms with Crippen LogP contribution in [0.15, 0.2) is 18.2 Å². The number of fused-ring (bicyclic) bond motifs is 1. The van der Waals surface area contributed by atoms with E-state index in [2.05, 4.69) is 27.9 Å². The van der Waals surface area contributed by atoms with Crippen LogP contribution in [0.25, 0.3) is 0 Å². The lowest BCUT2D eigenvalue weighted by atomic mass is 9.72. The van der Waals surface area contributed by atoms with Crippen LogP contribution >= 0.6 is 22.6 Å². The second-order valence-electron chi connectivity index (χ2n) is 4.95. The molecule has 0 amide bonds. The number of anilines is 1. The molecule has 4 atom stereocenters. The molecular formula is C12H14IN3O3. The van der Waals surface area contributed by atoms with E-state index in [-0.39, 0.29) is 28.8 Å². The van der Waals surface area contributed by atoms with Gasteiger partial charge in [0.25, 0.3) is 5.69 Å². The Hall–Kier alpha value is -0.930. The number of nitro groups is 1. The molecule has 1 aliphatic carbocycles. The van der Waals surface area contributed by atoms with Crippen molar-refractivity contribution in [2.75, 3.05) is 11.9 Å². The zero-order valence-electron chi connectivity index (χ0n) is 10.1. The average Bonchev–Trinajstić information content (AvgIpc) is 2.81. The van der Waals surface area contributed by atoms with Crippen LogP contribution in [-0.4, -0.2) is 29.7 Å². The first-order valence-electron chi connectivity index (χ1n) is 6.15. The first-order chi connectivity index (χ1) is 9.08. The average molecular weight is 375 g/mol. The van der Waals surface area contributed by atoms with Crippen molar-refractivity contribution < 1.29 is 9.66 Å². The third-order valence-corrected chi connectivity index (χ3v) is 4.60. The van der Waals surface area contributed by atoms with E-state index in [1.807, 2.05) is 6.07 Å². The second-order valence-corrected chi connectivity index (χ2v) is 6.20. The van der Waals surface area contributed by atoms with E-state index in [0.717, 1.165) is 16.6 Å². The SMILES string of the molecule is NC1C2CCOC2C1Nc1ccc(I)cc1[N+](=O)[O-]. The van der Waals surface area contributed by atoms with E-state index in [4.69, 9.17) is 10.5 Å². The van der Waals surface area contributed by atoms with Crippen LogP contribution in [0.5, 0.6) is 0 Å². The number of halogens is 1. The Kier molecular flexibility index (Phi) is 3.35. The van der Waals surface area contributed by atoms with Gasteiger partial charge in [0, 0.05) is 28.2 Å². The lowest BCUT2D eigenvalue weighted by molar-refractivity contribution is -0.384. The summed E-state index contributed by atoms with van der Waals surface area (Å²) in [5.41, 5.74) is 6.70. The summed E-state index contributed by atoms with van der Waals surface area (Å²) in [7, 11) is 0. The topological polar surface area (TPSA) is 90.4 Å². The molecule has 102 valence electrons. The zero-order valence-corrected chi connectivity index (χ0v) is 12.2. The van der Waals surface area contributed by atoms with Crippen LogP contribution in [0.3, 0.4) is 0 Å². The van der Waals surface area contributed by atoms with Crippen molar-refractivity contribution in [3.8, 4) is 0 Å². The highest BCUT2D eigenvalue weighted by Crippen LogP contribution is 2.40. The summed E-state index contributed by atoms with van der Waals surface area (Å²) in [5, 5.41) is 14.3. The molecule has 1 aromatic carbocycles. The largest absolute Gasteiger partial charge is 0.376 e. The molecule has 0 bridgehead atoms. The lowest BCUT2D eigenvalue weighted by Gasteiger charge is -2.46. The monoisotopic (exact) mass is 375 g/mol. The van der Waals surface area contributed by atoms with Crippen LogP contribution in [0.4, 0.5) is 11.4 Å². The van der Waals surface area contributed by atoms with Gasteiger partial charge in [-0.05, 0) is 41.1 Å². The van der Waals surface area contributed by atoms with Gasteiger partial charge >= 0.3 is 0 Å². The van der Waals surface area contributed by atoms with Crippen molar-refractivity contribution in [3.63, 3.8) is 0 Å². The predicted octanol–water partition coefficient (Wildman–Crippen LogP) is 1.73. The van der Waals surface area contributed by atoms with Crippen LogP contribution in [0.2, 0.25) is 0 Å². The molecule has 2 aliphatic rings. The fourth-order valence-corrected chi connectivity index (χ4v) is 3.36. The number of nitrogens with zero attached hydrogens (tertiary/aromatic N) is 1. The van der Waals surface area contributed by atoms with Gasteiger partial charge in [-0.3, -0.25) is 10.1 Å². The minimum absolute atomic E-state index is 0.00591. The van der Waals surface area contributed by atoms with Gasteiger partial charge in [-0.2, -0.15) is 0 Å². The van der Waals surface area contributed by atoms with E-state index in [9.17, 15) is 10.1 Å². The fourth-order valence-electron chi connectivity index (χ4n) is 2.89. The molecule has 0 radical (unpaired) electrons. The predicted molar refractivity (Wildman–Crippen MR) is 79.0 cm³/mol. The number of hydrogen-bond donors (Lipinski definition) is 2. The van der Waals surface area contributed by atoms with Crippen LogP contribution in [-0.2, 0) is 4.74 Å². The number of hydrogen-bond acceptors (Lipinski definition) is 5. The number of benzene rings is 1. The zero-order chi connectivity index (χ0) is 13.6. The molecule has 0 aromatic heterocycles. The maximum atomic E-state index is 11.1. The smallest absolute Gasteiger partial charge is 0.293 e. The lowest BCUT2D eigenvalue weighted by Crippen LogP contribution is -2.65. The molecule has 2 fully saturated rings. The Morgan fingerprint density at radius 3 is 3.05 bits per heavy atom. The standard InChI is InChI=1S/C12H14IN3O3/c13-6-1-2-8(9(5-6)16(17)18)15-11-10(14)7-3-4-19-12(7)11/h1-2,5,7,10-12,15H,3-4,14H2. The molecule has 1 aliphatic heterocycles. The highest BCUT2D eigenvalue weighted by Gasteiger charge is 2.52. The van der Waals surface area contributed by atoms with Crippen LogP contribution < -0.4 is 11.1 Å². The van der Waals surface area contributed by atoms with Crippen LogP contribution in [0.1, 0.15) is 6.42 Å². The summed E-state index contributed by atoms with van der Waals surface area (Å²) >= 11 is 2.06. The van der Waals surface area contributed by atoms with Crippen molar-refractivity contribution in [2.24, 2.45) is 11.7 Å². The van der Waals surface area contributed by atoms with E-state index in [1.165, 1.54) is 0 Å². The summed E-state index contributed by atoms with van der Waals surface area (Å²) < 4.78 is 6.45. The number of nitrogens with one attached hydrogen (secondary N) is 1. The minimum Gasteiger partial charge on any atom is -0.376 e. The second kappa shape index (κ2) is 4.88. The van der Waals surface area contributed by atoms with Gasteiger partial charge in [0.1, 0.15) is 5.69 Å². The third-order valence-electron chi connectivity index (χ3n) is 3.93. The molecule has 6 nitrogen and oxygen atoms in total. The quantitative estimate of drug-likeness (QED) is 0.477. The summed E-state index contributed by atoms with van der Waals surface area (Å²) in [6.07, 6.45) is 1.08. The molecular weight excluding hydrogens is 361 g/mol. The third kappa shape index (κ3) is 2.19. The molecule has 0 spiro atoms. The van der Waals surface area contributed by atoms with Crippen molar-refractivity contribution in [1.29, 1.82) is 0 Å². The van der Waals surface area contributed by atoms with Crippen molar-refractivity contribution >= 4 is 34.0 Å². The minimum atomic E-state index is -0.373. The van der Waals surface area contributed by atoms with E-state index in [0.29, 0.717) is 11.6 Å². The molecule has 1 aromatic rings. The molecule has 3 N–H and O–H groups in total. The van der Waals surface area contributed by atoms with Crippen LogP contribution in [0, 0.1) is 19.6 Å². The normalized spacial score (nSPS) is 32.5. The maximum Gasteiger partial charge on any atom is 0.293 e. The van der Waals surface area contributed by atoms with Gasteiger partial charge in [-0.1, -0.05) is 0 Å². The van der Waals surface area contributed by atoms with Crippen molar-refractivity contribution in [2.45, 2.75) is 24.6 Å². The first kappa shape index (κ1) is 13.1. The number of nitro benzene ring substituents is 1. The van der Waals surface area contributed by atoms with Gasteiger partial charge in [0.05, 0.1) is 17.1 Å². The number of rotatable bonds is 3. The van der Waals surface area contributed by atoms with E-state index < -0.39 is 0 Å². The summed E-state index contributed by atoms with van der Waals surface area (Å²) in [6, 6.07) is 5.10. The first-order valence-corrected chi connectivity index (χ1v) is 7.23. The Morgan fingerprint density at radius 1 is 1.53 bits per heavy atom. The molecule has 19 heavy (non-hydrogen) atoms. The van der Waals surface area contributed by atoms with Crippen molar-refractivity contribution in [3.05, 3.63) is 31.9 Å². The number of nitrogens with two attached hydrogens (primary N) is 1. The molecule has 4 unspecified atom stereocenters. The van der Waals surface area contributed by atoms with Gasteiger partial charge in [-0.15, -0.1) is 0 Å². The molecule has 7 heteroatoms. The fraction of sp³-hybridized carbons (Fsp3) is 0.500. The van der Waals surface area contributed by atoms with Gasteiger partial charge in [-0.25, -0.2) is 0 Å². The van der Waals surface area contributed by atoms with Crippen molar-refractivity contribution in [1.82, 2.24) is 0 Å². The van der Waals surface area contributed by atoms with Gasteiger partial charge in [0.15, 0.2) is 0 Å². The summed E-state index contributed by atoms with van der Waals surface area (Å²) in [4.78, 5) is 10.7. The highest BCUT2D eigenvalue weighted by atomic mass is 127. The molecule has 1 heterocycles. The molecule has 1 saturated heterocycles. The Balaban J connectivity index is 1.82. The van der Waals surface area contributed by atoms with Gasteiger partial charge < -0.3 is 15.8 Å². The molecule has 1 saturated carbocycles.